The average Bonchev–Trinajstić information content (AvgIpc) is 2.36. The summed E-state index contributed by atoms with van der Waals surface area (Å²) in [4.78, 5) is 11.6. The molecule has 0 saturated carbocycles. The maximum absolute atomic E-state index is 11.6. The molecule has 1 unspecified atom stereocenters. The third-order valence-electron chi connectivity index (χ3n) is 2.24. The van der Waals surface area contributed by atoms with E-state index in [9.17, 15) is 4.79 Å². The SMILES string of the molecule is COCc1ccc(C(=O)NCC(O)CO)cc1. The second-order valence-electron chi connectivity index (χ2n) is 3.68. The van der Waals surface area contributed by atoms with Crippen molar-refractivity contribution in [3.05, 3.63) is 35.4 Å². The van der Waals surface area contributed by atoms with Crippen LogP contribution in [-0.2, 0) is 11.3 Å². The van der Waals surface area contributed by atoms with Crippen molar-refractivity contribution in [1.82, 2.24) is 5.32 Å². The van der Waals surface area contributed by atoms with Crippen LogP contribution in [0.5, 0.6) is 0 Å². The normalized spacial score (nSPS) is 12.2. The van der Waals surface area contributed by atoms with Crippen molar-refractivity contribution in [2.24, 2.45) is 0 Å². The molecular weight excluding hydrogens is 222 g/mol. The van der Waals surface area contributed by atoms with Gasteiger partial charge in [0.1, 0.15) is 0 Å². The molecule has 0 aromatic heterocycles. The van der Waals surface area contributed by atoms with Gasteiger partial charge < -0.3 is 20.3 Å². The number of methoxy groups -OCH3 is 1. The van der Waals surface area contributed by atoms with Crippen LogP contribution in [0, 0.1) is 0 Å². The van der Waals surface area contributed by atoms with Crippen LogP contribution in [0.1, 0.15) is 15.9 Å². The molecule has 1 amide bonds. The van der Waals surface area contributed by atoms with Gasteiger partial charge in [0.05, 0.1) is 19.3 Å². The van der Waals surface area contributed by atoms with Crippen molar-refractivity contribution in [3.8, 4) is 0 Å². The summed E-state index contributed by atoms with van der Waals surface area (Å²) in [5, 5.41) is 20.2. The molecule has 0 heterocycles. The molecule has 5 heteroatoms. The molecule has 1 rings (SSSR count). The predicted octanol–water partition coefficient (Wildman–Crippen LogP) is -0.0840. The minimum absolute atomic E-state index is 0.0369. The highest BCUT2D eigenvalue weighted by atomic mass is 16.5. The van der Waals surface area contributed by atoms with Gasteiger partial charge in [0.25, 0.3) is 5.91 Å². The quantitative estimate of drug-likeness (QED) is 0.648. The number of ether oxygens (including phenoxy) is 1. The third-order valence-corrected chi connectivity index (χ3v) is 2.24. The number of aliphatic hydroxyl groups is 2. The zero-order chi connectivity index (χ0) is 12.7. The maximum atomic E-state index is 11.6. The summed E-state index contributed by atoms with van der Waals surface area (Å²) in [6, 6.07) is 6.99. The fourth-order valence-corrected chi connectivity index (χ4v) is 1.30. The first-order valence-electron chi connectivity index (χ1n) is 5.32. The van der Waals surface area contributed by atoms with E-state index in [4.69, 9.17) is 14.9 Å². The molecule has 17 heavy (non-hydrogen) atoms. The van der Waals surface area contributed by atoms with Gasteiger partial charge in [0.2, 0.25) is 0 Å². The van der Waals surface area contributed by atoms with Crippen molar-refractivity contribution < 1.29 is 19.7 Å². The fourth-order valence-electron chi connectivity index (χ4n) is 1.30. The molecule has 1 atom stereocenters. The topological polar surface area (TPSA) is 78.8 Å². The van der Waals surface area contributed by atoms with Crippen molar-refractivity contribution in [1.29, 1.82) is 0 Å². The summed E-state index contributed by atoms with van der Waals surface area (Å²) < 4.78 is 4.96. The Morgan fingerprint density at radius 3 is 2.59 bits per heavy atom. The third kappa shape index (κ3) is 4.52. The van der Waals surface area contributed by atoms with Crippen LogP contribution in [0.3, 0.4) is 0 Å². The van der Waals surface area contributed by atoms with E-state index in [0.717, 1.165) is 5.56 Å². The number of hydrogen-bond acceptors (Lipinski definition) is 4. The Labute approximate surface area is 100 Å². The maximum Gasteiger partial charge on any atom is 0.251 e. The van der Waals surface area contributed by atoms with Crippen LogP contribution in [-0.4, -0.2) is 42.5 Å². The summed E-state index contributed by atoms with van der Waals surface area (Å²) in [5.41, 5.74) is 1.49. The zero-order valence-corrected chi connectivity index (χ0v) is 9.72. The Bertz CT molecular complexity index is 350. The van der Waals surface area contributed by atoms with Crippen LogP contribution in [0.25, 0.3) is 0 Å². The van der Waals surface area contributed by atoms with Crippen LogP contribution in [0.4, 0.5) is 0 Å². The van der Waals surface area contributed by atoms with E-state index in [-0.39, 0.29) is 19.1 Å². The summed E-state index contributed by atoms with van der Waals surface area (Å²) in [5.74, 6) is -0.276. The summed E-state index contributed by atoms with van der Waals surface area (Å²) in [6.07, 6.45) is -0.924. The van der Waals surface area contributed by atoms with Crippen molar-refractivity contribution in [2.45, 2.75) is 12.7 Å². The summed E-state index contributed by atoms with van der Waals surface area (Å²) in [6.45, 7) is 0.174. The zero-order valence-electron chi connectivity index (χ0n) is 9.72. The van der Waals surface area contributed by atoms with Gasteiger partial charge in [-0.1, -0.05) is 12.1 Å². The van der Waals surface area contributed by atoms with Gasteiger partial charge in [-0.3, -0.25) is 4.79 Å². The average molecular weight is 239 g/mol. The van der Waals surface area contributed by atoms with E-state index >= 15 is 0 Å². The molecule has 5 nitrogen and oxygen atoms in total. The summed E-state index contributed by atoms with van der Waals surface area (Å²) in [7, 11) is 1.61. The van der Waals surface area contributed by atoms with Gasteiger partial charge in [-0.15, -0.1) is 0 Å². The molecule has 0 spiro atoms. The lowest BCUT2D eigenvalue weighted by Gasteiger charge is -2.09. The number of aliphatic hydroxyl groups excluding tert-OH is 2. The molecule has 0 aliphatic carbocycles. The lowest BCUT2D eigenvalue weighted by Crippen LogP contribution is -2.33. The first-order valence-corrected chi connectivity index (χ1v) is 5.32. The molecule has 0 fully saturated rings. The van der Waals surface area contributed by atoms with E-state index in [2.05, 4.69) is 5.32 Å². The minimum atomic E-state index is -0.924. The van der Waals surface area contributed by atoms with Crippen molar-refractivity contribution in [2.75, 3.05) is 20.3 Å². The van der Waals surface area contributed by atoms with Gasteiger partial charge in [0, 0.05) is 19.2 Å². The number of nitrogens with one attached hydrogen (secondary N) is 1. The van der Waals surface area contributed by atoms with Gasteiger partial charge >= 0.3 is 0 Å². The van der Waals surface area contributed by atoms with Crippen LogP contribution in [0.15, 0.2) is 24.3 Å². The standard InChI is InChI=1S/C12H17NO4/c1-17-8-9-2-4-10(5-3-9)12(16)13-6-11(15)7-14/h2-5,11,14-15H,6-8H2,1H3,(H,13,16). The largest absolute Gasteiger partial charge is 0.394 e. The lowest BCUT2D eigenvalue weighted by atomic mass is 10.1. The van der Waals surface area contributed by atoms with Crippen LogP contribution >= 0.6 is 0 Å². The first-order chi connectivity index (χ1) is 8.17. The Kier molecular flexibility index (Phi) is 5.62. The molecule has 0 radical (unpaired) electrons. The Morgan fingerprint density at radius 2 is 2.06 bits per heavy atom. The number of benzene rings is 1. The smallest absolute Gasteiger partial charge is 0.251 e. The molecule has 0 aliphatic heterocycles. The molecule has 94 valence electrons. The molecule has 3 N–H and O–H groups in total. The Morgan fingerprint density at radius 1 is 1.41 bits per heavy atom. The number of rotatable bonds is 6. The van der Waals surface area contributed by atoms with E-state index in [1.54, 1.807) is 31.4 Å². The van der Waals surface area contributed by atoms with E-state index in [1.807, 2.05) is 0 Å². The molecule has 1 aromatic rings. The monoisotopic (exact) mass is 239 g/mol. The van der Waals surface area contributed by atoms with E-state index < -0.39 is 6.10 Å². The molecule has 0 bridgehead atoms. The van der Waals surface area contributed by atoms with Gasteiger partial charge in [0.15, 0.2) is 0 Å². The van der Waals surface area contributed by atoms with Crippen LogP contribution in [0.2, 0.25) is 0 Å². The number of hydrogen-bond donors (Lipinski definition) is 3. The minimum Gasteiger partial charge on any atom is -0.394 e. The second kappa shape index (κ2) is 7.01. The molecule has 0 saturated heterocycles. The number of amides is 1. The van der Waals surface area contributed by atoms with E-state index in [1.165, 1.54) is 0 Å². The molecule has 1 aromatic carbocycles. The summed E-state index contributed by atoms with van der Waals surface area (Å²) >= 11 is 0. The van der Waals surface area contributed by atoms with Gasteiger partial charge in [-0.2, -0.15) is 0 Å². The fraction of sp³-hybridized carbons (Fsp3) is 0.417. The number of carbonyl (C=O) groups is 1. The van der Waals surface area contributed by atoms with Gasteiger partial charge in [-0.05, 0) is 17.7 Å². The Balaban J connectivity index is 2.51. The van der Waals surface area contributed by atoms with E-state index in [0.29, 0.717) is 12.2 Å². The number of carbonyl (C=O) groups excluding carboxylic acids is 1. The molecule has 0 aliphatic rings. The van der Waals surface area contributed by atoms with Crippen molar-refractivity contribution >= 4 is 5.91 Å². The highest BCUT2D eigenvalue weighted by Gasteiger charge is 2.07. The second-order valence-corrected chi connectivity index (χ2v) is 3.68. The highest BCUT2D eigenvalue weighted by Crippen LogP contribution is 2.05. The van der Waals surface area contributed by atoms with Crippen LogP contribution < -0.4 is 5.32 Å². The van der Waals surface area contributed by atoms with Crippen molar-refractivity contribution in [3.63, 3.8) is 0 Å². The Hall–Kier alpha value is -1.43. The first kappa shape index (κ1) is 13.6. The predicted molar refractivity (Wildman–Crippen MR) is 62.6 cm³/mol. The highest BCUT2D eigenvalue weighted by molar-refractivity contribution is 5.94. The van der Waals surface area contributed by atoms with Gasteiger partial charge in [-0.25, -0.2) is 0 Å². The lowest BCUT2D eigenvalue weighted by molar-refractivity contribution is 0.0802. The molecular formula is C12H17NO4.